The van der Waals surface area contributed by atoms with E-state index < -0.39 is 7.26 Å². The average molecular weight is 466 g/mol. The third-order valence-corrected chi connectivity index (χ3v) is 11.3. The molecule has 0 unspecified atom stereocenters. The van der Waals surface area contributed by atoms with E-state index in [0.717, 1.165) is 0 Å². The second-order valence-corrected chi connectivity index (χ2v) is 13.3. The molecule has 0 aromatic carbocycles. The molecule has 2 heteroatoms. The molecule has 0 heterocycles. The molecule has 27 heavy (non-hydrogen) atoms. The van der Waals surface area contributed by atoms with Crippen LogP contribution in [0.15, 0.2) is 0 Å². The van der Waals surface area contributed by atoms with Crippen molar-refractivity contribution in [2.24, 2.45) is 0 Å². The fourth-order valence-corrected chi connectivity index (χ4v) is 9.26. The molecule has 0 rings (SSSR count). The second-order valence-electron chi connectivity index (χ2n) is 8.83. The van der Waals surface area contributed by atoms with Crippen molar-refractivity contribution in [1.29, 1.82) is 0 Å². The Morgan fingerprint density at radius 3 is 0.889 bits per heavy atom. The molecular weight excluding hydrogens is 411 g/mol. The van der Waals surface area contributed by atoms with Gasteiger partial charge in [-0.2, -0.15) is 0 Å². The van der Waals surface area contributed by atoms with E-state index in [1.807, 2.05) is 0 Å². The summed E-state index contributed by atoms with van der Waals surface area (Å²) in [5, 5.41) is 0. The highest BCUT2D eigenvalue weighted by Crippen LogP contribution is 2.61. The largest absolute Gasteiger partial charge is 1.00 e. The fourth-order valence-electron chi connectivity index (χ4n) is 4.34. The van der Waals surface area contributed by atoms with Crippen molar-refractivity contribution in [3.05, 3.63) is 0 Å². The normalized spacial score (nSPS) is 11.6. The van der Waals surface area contributed by atoms with Gasteiger partial charge < -0.3 is 17.0 Å². The third kappa shape index (κ3) is 18.7. The lowest BCUT2D eigenvalue weighted by Crippen LogP contribution is -3.00. The van der Waals surface area contributed by atoms with Crippen LogP contribution < -0.4 is 17.0 Å². The van der Waals surface area contributed by atoms with Gasteiger partial charge in [0, 0.05) is 7.26 Å². The van der Waals surface area contributed by atoms with Gasteiger partial charge in [0.1, 0.15) is 0 Å². The van der Waals surface area contributed by atoms with Gasteiger partial charge in [-0.05, 0) is 32.1 Å². The van der Waals surface area contributed by atoms with Crippen LogP contribution in [0.3, 0.4) is 0 Å². The fraction of sp³-hybridized carbons (Fsp3) is 1.00. The Hall–Kier alpha value is 0.910. The Kier molecular flexibility index (Phi) is 25.9. The predicted molar refractivity (Wildman–Crippen MR) is 128 cm³/mol. The van der Waals surface area contributed by atoms with Crippen LogP contribution in [0.5, 0.6) is 0 Å². The van der Waals surface area contributed by atoms with Gasteiger partial charge in [-0.25, -0.2) is 0 Å². The first-order chi connectivity index (χ1) is 12.7. The SMILES string of the molecule is CCCCCCCCCC[P+](CCCCC)(CCCCC)CCCCC.[Br-]. The first-order valence-electron chi connectivity index (χ1n) is 12.6. The summed E-state index contributed by atoms with van der Waals surface area (Å²) < 4.78 is 0. The van der Waals surface area contributed by atoms with Crippen molar-refractivity contribution >= 4 is 7.26 Å². The lowest BCUT2D eigenvalue weighted by molar-refractivity contribution is -0.00000602. The van der Waals surface area contributed by atoms with Gasteiger partial charge >= 0.3 is 0 Å². The van der Waals surface area contributed by atoms with Crippen LogP contribution in [-0.4, -0.2) is 24.6 Å². The van der Waals surface area contributed by atoms with Gasteiger partial charge in [-0.3, -0.25) is 0 Å². The molecule has 0 aliphatic heterocycles. The molecule has 0 N–H and O–H groups in total. The predicted octanol–water partition coefficient (Wildman–Crippen LogP) is 6.72. The van der Waals surface area contributed by atoms with Gasteiger partial charge in [0.25, 0.3) is 0 Å². The molecule has 0 aromatic heterocycles. The lowest BCUT2D eigenvalue weighted by Gasteiger charge is -2.28. The van der Waals surface area contributed by atoms with Gasteiger partial charge in [0.05, 0.1) is 24.6 Å². The molecule has 0 saturated carbocycles. The Balaban J connectivity index is 0. The minimum absolute atomic E-state index is 0. The zero-order valence-electron chi connectivity index (χ0n) is 19.7. The number of unbranched alkanes of at least 4 members (excludes halogenated alkanes) is 13. The maximum Gasteiger partial charge on any atom is 0.0594 e. The quantitative estimate of drug-likeness (QED) is 0.130. The van der Waals surface area contributed by atoms with Crippen molar-refractivity contribution in [2.45, 2.75) is 137 Å². The van der Waals surface area contributed by atoms with E-state index in [4.69, 9.17) is 0 Å². The summed E-state index contributed by atoms with van der Waals surface area (Å²) in [5.74, 6) is 0. The van der Waals surface area contributed by atoms with E-state index in [9.17, 15) is 0 Å². The maximum absolute atomic E-state index is 2.37. The van der Waals surface area contributed by atoms with Crippen LogP contribution >= 0.6 is 7.26 Å². The highest BCUT2D eigenvalue weighted by molar-refractivity contribution is 7.75. The van der Waals surface area contributed by atoms with E-state index in [1.165, 1.54) is 103 Å². The molecule has 0 aromatic rings. The zero-order chi connectivity index (χ0) is 19.3. The van der Waals surface area contributed by atoms with Crippen LogP contribution in [0.1, 0.15) is 137 Å². The van der Waals surface area contributed by atoms with Crippen molar-refractivity contribution < 1.29 is 17.0 Å². The number of hydrogen-bond donors (Lipinski definition) is 0. The molecule has 166 valence electrons. The van der Waals surface area contributed by atoms with Crippen LogP contribution in [0.4, 0.5) is 0 Å². The van der Waals surface area contributed by atoms with Crippen LogP contribution in [0.25, 0.3) is 0 Å². The molecule has 0 nitrogen and oxygen atoms in total. The van der Waals surface area contributed by atoms with Crippen LogP contribution in [-0.2, 0) is 0 Å². The van der Waals surface area contributed by atoms with Crippen molar-refractivity contribution in [2.75, 3.05) is 24.6 Å². The summed E-state index contributed by atoms with van der Waals surface area (Å²) in [6.07, 6.45) is 31.5. The summed E-state index contributed by atoms with van der Waals surface area (Å²) >= 11 is 0. The lowest BCUT2D eigenvalue weighted by atomic mass is 10.1. The van der Waals surface area contributed by atoms with E-state index in [-0.39, 0.29) is 17.0 Å². The molecular formula is C25H54BrP. The van der Waals surface area contributed by atoms with E-state index >= 15 is 0 Å². The molecule has 0 aliphatic carbocycles. The molecule has 0 aliphatic rings. The van der Waals surface area contributed by atoms with Gasteiger partial charge in [0.15, 0.2) is 0 Å². The maximum atomic E-state index is 2.37. The summed E-state index contributed by atoms with van der Waals surface area (Å²) in [5.41, 5.74) is 0. The summed E-state index contributed by atoms with van der Waals surface area (Å²) in [6.45, 7) is 9.42. The first-order valence-corrected chi connectivity index (χ1v) is 15.1. The van der Waals surface area contributed by atoms with Gasteiger partial charge in [-0.15, -0.1) is 0 Å². The molecule has 0 bridgehead atoms. The molecule has 0 atom stereocenters. The van der Waals surface area contributed by atoms with E-state index in [2.05, 4.69) is 27.7 Å². The van der Waals surface area contributed by atoms with Crippen molar-refractivity contribution in [3.8, 4) is 0 Å². The number of rotatable bonds is 21. The summed E-state index contributed by atoms with van der Waals surface area (Å²) in [7, 11) is -0.651. The highest BCUT2D eigenvalue weighted by Gasteiger charge is 2.34. The minimum Gasteiger partial charge on any atom is -1.00 e. The van der Waals surface area contributed by atoms with Gasteiger partial charge in [0.2, 0.25) is 0 Å². The van der Waals surface area contributed by atoms with E-state index in [1.54, 1.807) is 31.1 Å². The second kappa shape index (κ2) is 23.2. The topological polar surface area (TPSA) is 0 Å². The van der Waals surface area contributed by atoms with Crippen LogP contribution in [0, 0.1) is 0 Å². The number of halogens is 1. The Morgan fingerprint density at radius 1 is 0.333 bits per heavy atom. The van der Waals surface area contributed by atoms with E-state index in [0.29, 0.717) is 0 Å². The Bertz CT molecular complexity index is 241. The monoisotopic (exact) mass is 464 g/mol. The number of hydrogen-bond acceptors (Lipinski definition) is 0. The molecule has 0 amide bonds. The highest BCUT2D eigenvalue weighted by atomic mass is 79.9. The van der Waals surface area contributed by atoms with Crippen molar-refractivity contribution in [3.63, 3.8) is 0 Å². The smallest absolute Gasteiger partial charge is 0.0594 e. The summed E-state index contributed by atoms with van der Waals surface area (Å²) in [6, 6.07) is 0. The molecule has 0 radical (unpaired) electrons. The molecule has 0 saturated heterocycles. The van der Waals surface area contributed by atoms with Crippen molar-refractivity contribution in [1.82, 2.24) is 0 Å². The zero-order valence-corrected chi connectivity index (χ0v) is 22.2. The standard InChI is InChI=1S/C25H54P.BrH/c1-5-9-13-14-15-16-17-21-25-26(22-18-10-6-2,23-19-11-7-3)24-20-12-8-4;/h5-25H2,1-4H3;1H/q+1;/p-1. The average Bonchev–Trinajstić information content (AvgIpc) is 2.64. The molecule has 0 fully saturated rings. The molecule has 0 spiro atoms. The van der Waals surface area contributed by atoms with Gasteiger partial charge in [-0.1, -0.05) is 105 Å². The Labute approximate surface area is 185 Å². The third-order valence-electron chi connectivity index (χ3n) is 6.19. The first kappa shape index (κ1) is 30.1. The minimum atomic E-state index is -0.651. The summed E-state index contributed by atoms with van der Waals surface area (Å²) in [4.78, 5) is 0. The van der Waals surface area contributed by atoms with Crippen LogP contribution in [0.2, 0.25) is 0 Å². The Morgan fingerprint density at radius 2 is 0.556 bits per heavy atom.